The zero-order valence-electron chi connectivity index (χ0n) is 15.1. The summed E-state index contributed by atoms with van der Waals surface area (Å²) in [4.78, 5) is 32.5. The summed E-state index contributed by atoms with van der Waals surface area (Å²) in [5, 5.41) is 7.16. The summed E-state index contributed by atoms with van der Waals surface area (Å²) in [6, 6.07) is 8.70. The minimum absolute atomic E-state index is 0.103. The number of hydrogen-bond donors (Lipinski definition) is 1. The fourth-order valence-corrected chi connectivity index (χ4v) is 3.65. The third-order valence-electron chi connectivity index (χ3n) is 4.95. The standard InChI is InChI=1S/C19H21N5O3/c1-27-12-11-24-17(21-14-6-3-2-5-13(14)18(24)25)16-7-4-10-23(16)19(26)15-8-9-20-22-15/h2-3,5-6,8-9,16H,4,7,10-12H2,1H3,(H,20,22). The van der Waals surface area contributed by atoms with Crippen molar-refractivity contribution in [1.29, 1.82) is 0 Å². The summed E-state index contributed by atoms with van der Waals surface area (Å²) in [5.74, 6) is 0.483. The van der Waals surface area contributed by atoms with Gasteiger partial charge in [0.2, 0.25) is 0 Å². The third-order valence-corrected chi connectivity index (χ3v) is 4.95. The fourth-order valence-electron chi connectivity index (χ4n) is 3.65. The zero-order valence-corrected chi connectivity index (χ0v) is 15.1. The van der Waals surface area contributed by atoms with Crippen LogP contribution in [0, 0.1) is 0 Å². The van der Waals surface area contributed by atoms with E-state index in [0.29, 0.717) is 42.1 Å². The summed E-state index contributed by atoms with van der Waals surface area (Å²) in [6.07, 6.45) is 3.18. The molecule has 8 nitrogen and oxygen atoms in total. The van der Waals surface area contributed by atoms with Gasteiger partial charge in [-0.15, -0.1) is 0 Å². The molecule has 1 aliphatic rings. The number of amides is 1. The molecule has 1 amide bonds. The van der Waals surface area contributed by atoms with E-state index in [4.69, 9.17) is 9.72 Å². The molecule has 0 saturated carbocycles. The number of carbonyl (C=O) groups excluding carboxylic acids is 1. The number of nitrogens with zero attached hydrogens (tertiary/aromatic N) is 4. The summed E-state index contributed by atoms with van der Waals surface area (Å²) >= 11 is 0. The van der Waals surface area contributed by atoms with Crippen LogP contribution in [0.15, 0.2) is 41.3 Å². The predicted octanol–water partition coefficient (Wildman–Crippen LogP) is 1.74. The van der Waals surface area contributed by atoms with Crippen molar-refractivity contribution in [2.45, 2.75) is 25.4 Å². The number of methoxy groups -OCH3 is 1. The molecule has 140 valence electrons. The first-order chi connectivity index (χ1) is 13.2. The van der Waals surface area contributed by atoms with E-state index in [1.807, 2.05) is 18.2 Å². The Morgan fingerprint density at radius 1 is 1.33 bits per heavy atom. The van der Waals surface area contributed by atoms with Gasteiger partial charge in [-0.1, -0.05) is 12.1 Å². The Labute approximate surface area is 155 Å². The highest BCUT2D eigenvalue weighted by atomic mass is 16.5. The second-order valence-corrected chi connectivity index (χ2v) is 6.56. The van der Waals surface area contributed by atoms with Crippen molar-refractivity contribution in [2.24, 2.45) is 0 Å². The summed E-state index contributed by atoms with van der Waals surface area (Å²) < 4.78 is 6.83. The Morgan fingerprint density at radius 3 is 2.96 bits per heavy atom. The quantitative estimate of drug-likeness (QED) is 0.741. The molecular weight excluding hydrogens is 346 g/mol. The van der Waals surface area contributed by atoms with E-state index in [1.54, 1.807) is 34.9 Å². The van der Waals surface area contributed by atoms with Crippen molar-refractivity contribution in [1.82, 2.24) is 24.6 Å². The van der Waals surface area contributed by atoms with Crippen molar-refractivity contribution in [2.75, 3.05) is 20.3 Å². The largest absolute Gasteiger partial charge is 0.383 e. The van der Waals surface area contributed by atoms with Crippen LogP contribution < -0.4 is 5.56 Å². The average Bonchev–Trinajstić information content (AvgIpc) is 3.38. The SMILES string of the molecule is COCCn1c(C2CCCN2C(=O)c2ccn[nH]2)nc2ccccc2c1=O. The number of ether oxygens (including phenoxy) is 1. The van der Waals surface area contributed by atoms with Gasteiger partial charge < -0.3 is 9.64 Å². The second kappa shape index (κ2) is 7.32. The normalized spacial score (nSPS) is 16.9. The number of likely N-dealkylation sites (tertiary alicyclic amines) is 1. The van der Waals surface area contributed by atoms with Gasteiger partial charge in [-0.25, -0.2) is 4.98 Å². The number of fused-ring (bicyclic) bond motifs is 1. The Morgan fingerprint density at radius 2 is 2.19 bits per heavy atom. The molecule has 0 bridgehead atoms. The van der Waals surface area contributed by atoms with Gasteiger partial charge in [-0.05, 0) is 31.0 Å². The molecule has 2 aromatic heterocycles. The minimum atomic E-state index is -0.255. The minimum Gasteiger partial charge on any atom is -0.383 e. The summed E-state index contributed by atoms with van der Waals surface area (Å²) in [5.41, 5.74) is 0.981. The van der Waals surface area contributed by atoms with Crippen LogP contribution in [0.1, 0.15) is 35.2 Å². The number of carbonyl (C=O) groups is 1. The van der Waals surface area contributed by atoms with E-state index >= 15 is 0 Å². The van der Waals surface area contributed by atoms with Crippen LogP contribution in [0.5, 0.6) is 0 Å². The molecular formula is C19H21N5O3. The number of hydrogen-bond acceptors (Lipinski definition) is 5. The number of H-pyrrole nitrogens is 1. The van der Waals surface area contributed by atoms with E-state index in [1.165, 1.54) is 0 Å². The van der Waals surface area contributed by atoms with Crippen LogP contribution in [-0.4, -0.2) is 50.8 Å². The lowest BCUT2D eigenvalue weighted by atomic mass is 10.1. The van der Waals surface area contributed by atoms with E-state index in [-0.39, 0.29) is 17.5 Å². The van der Waals surface area contributed by atoms with Crippen LogP contribution >= 0.6 is 0 Å². The van der Waals surface area contributed by atoms with Gasteiger partial charge in [-0.3, -0.25) is 19.3 Å². The third kappa shape index (κ3) is 3.12. The monoisotopic (exact) mass is 367 g/mol. The van der Waals surface area contributed by atoms with Gasteiger partial charge in [0.05, 0.1) is 30.1 Å². The lowest BCUT2D eigenvalue weighted by Gasteiger charge is -2.26. The molecule has 1 saturated heterocycles. The topological polar surface area (TPSA) is 93.1 Å². The molecule has 0 spiro atoms. The molecule has 0 radical (unpaired) electrons. The molecule has 1 unspecified atom stereocenters. The first-order valence-electron chi connectivity index (χ1n) is 8.99. The highest BCUT2D eigenvalue weighted by Crippen LogP contribution is 2.32. The number of benzene rings is 1. The first kappa shape index (κ1) is 17.4. The molecule has 4 rings (SSSR count). The van der Waals surface area contributed by atoms with Gasteiger partial charge in [0, 0.05) is 19.9 Å². The molecule has 8 heteroatoms. The van der Waals surface area contributed by atoms with Gasteiger partial charge in [0.25, 0.3) is 11.5 Å². The Bertz CT molecular complexity index is 1010. The average molecular weight is 367 g/mol. The van der Waals surface area contributed by atoms with E-state index in [2.05, 4.69) is 10.2 Å². The van der Waals surface area contributed by atoms with Crippen LogP contribution in [0.2, 0.25) is 0 Å². The fraction of sp³-hybridized carbons (Fsp3) is 0.368. The summed E-state index contributed by atoms with van der Waals surface area (Å²) in [7, 11) is 1.60. The van der Waals surface area contributed by atoms with Crippen molar-refractivity contribution in [3.63, 3.8) is 0 Å². The lowest BCUT2D eigenvalue weighted by molar-refractivity contribution is 0.0719. The molecule has 1 aromatic carbocycles. The molecule has 1 aliphatic heterocycles. The van der Waals surface area contributed by atoms with Gasteiger partial charge in [-0.2, -0.15) is 5.10 Å². The van der Waals surface area contributed by atoms with Gasteiger partial charge in [0.1, 0.15) is 11.5 Å². The van der Waals surface area contributed by atoms with Crippen molar-refractivity contribution >= 4 is 16.8 Å². The summed E-state index contributed by atoms with van der Waals surface area (Å²) in [6.45, 7) is 1.41. The second-order valence-electron chi connectivity index (χ2n) is 6.56. The van der Waals surface area contributed by atoms with E-state index in [0.717, 1.165) is 12.8 Å². The van der Waals surface area contributed by atoms with Crippen LogP contribution in [0.4, 0.5) is 0 Å². The number of para-hydroxylation sites is 1. The molecule has 1 N–H and O–H groups in total. The molecule has 1 atom stereocenters. The van der Waals surface area contributed by atoms with E-state index in [9.17, 15) is 9.59 Å². The Kier molecular flexibility index (Phi) is 4.72. The first-order valence-corrected chi connectivity index (χ1v) is 8.99. The smallest absolute Gasteiger partial charge is 0.272 e. The van der Waals surface area contributed by atoms with E-state index < -0.39 is 0 Å². The van der Waals surface area contributed by atoms with Gasteiger partial charge >= 0.3 is 0 Å². The maximum absolute atomic E-state index is 13.1. The highest BCUT2D eigenvalue weighted by Gasteiger charge is 2.34. The van der Waals surface area contributed by atoms with Crippen molar-refractivity contribution < 1.29 is 9.53 Å². The highest BCUT2D eigenvalue weighted by molar-refractivity contribution is 5.92. The zero-order chi connectivity index (χ0) is 18.8. The number of nitrogens with one attached hydrogen (secondary N) is 1. The molecule has 0 aliphatic carbocycles. The lowest BCUT2D eigenvalue weighted by Crippen LogP contribution is -2.36. The molecule has 27 heavy (non-hydrogen) atoms. The number of rotatable bonds is 5. The Hall–Kier alpha value is -3.00. The molecule has 3 heterocycles. The van der Waals surface area contributed by atoms with Crippen molar-refractivity contribution in [3.05, 3.63) is 58.4 Å². The maximum atomic E-state index is 13.1. The molecule has 1 fully saturated rings. The van der Waals surface area contributed by atoms with Crippen LogP contribution in [0.3, 0.4) is 0 Å². The predicted molar refractivity (Wildman–Crippen MR) is 99.5 cm³/mol. The maximum Gasteiger partial charge on any atom is 0.272 e. The molecule has 3 aromatic rings. The Balaban J connectivity index is 1.81. The number of aromatic nitrogens is 4. The van der Waals surface area contributed by atoms with Crippen LogP contribution in [-0.2, 0) is 11.3 Å². The number of aromatic amines is 1. The van der Waals surface area contributed by atoms with Crippen molar-refractivity contribution in [3.8, 4) is 0 Å². The van der Waals surface area contributed by atoms with Crippen LogP contribution in [0.25, 0.3) is 10.9 Å². The van der Waals surface area contributed by atoms with Gasteiger partial charge in [0.15, 0.2) is 0 Å².